The Balaban J connectivity index is 2.35. The number of nitrogens with zero attached hydrogens (tertiary/aromatic N) is 3. The number of rotatable bonds is 8. The fraction of sp³-hybridized carbons (Fsp3) is 0.235. The molecule has 0 aliphatic heterocycles. The van der Waals surface area contributed by atoms with E-state index in [9.17, 15) is 23.6 Å². The summed E-state index contributed by atoms with van der Waals surface area (Å²) in [5, 5.41) is 25.1. The summed E-state index contributed by atoms with van der Waals surface area (Å²) < 4.78 is 27.1. The topological polar surface area (TPSA) is 125 Å². The molecule has 0 radical (unpaired) electrons. The van der Waals surface area contributed by atoms with Gasteiger partial charge in [0.15, 0.2) is 0 Å². The molecule has 0 spiro atoms. The molecule has 0 aromatic heterocycles. The highest BCUT2D eigenvalue weighted by molar-refractivity contribution is 9.10. The van der Waals surface area contributed by atoms with Crippen molar-refractivity contribution in [2.75, 3.05) is 18.5 Å². The molecular weight excluding hydrogens is 452 g/mol. The summed E-state index contributed by atoms with van der Waals surface area (Å²) in [4.78, 5) is 10.6. The predicted molar refractivity (Wildman–Crippen MR) is 110 cm³/mol. The van der Waals surface area contributed by atoms with E-state index in [2.05, 4.69) is 26.5 Å². The molecule has 0 aliphatic carbocycles. The summed E-state index contributed by atoms with van der Waals surface area (Å²) >= 11 is 3.27. The summed E-state index contributed by atoms with van der Waals surface area (Å²) in [5.74, 6) is -0.0103. The molecule has 0 heterocycles. The van der Waals surface area contributed by atoms with E-state index in [1.54, 1.807) is 26.0 Å². The first-order valence-corrected chi connectivity index (χ1v) is 10.5. The Morgan fingerprint density at radius 2 is 1.93 bits per heavy atom. The van der Waals surface area contributed by atoms with Crippen molar-refractivity contribution in [1.29, 1.82) is 0 Å². The zero-order valence-electron chi connectivity index (χ0n) is 15.2. The molecule has 0 saturated heterocycles. The number of hydrogen-bond acceptors (Lipinski definition) is 7. The van der Waals surface area contributed by atoms with Crippen LogP contribution in [0.3, 0.4) is 0 Å². The molecule has 2 rings (SSSR count). The number of hydrazone groups is 1. The van der Waals surface area contributed by atoms with Gasteiger partial charge in [0.05, 0.1) is 16.0 Å². The quantitative estimate of drug-likeness (QED) is 0.345. The average molecular weight is 471 g/mol. The number of phenolic OH excluding ortho intramolecular Hbond substituents is 1. The molecule has 2 aromatic carbocycles. The van der Waals surface area contributed by atoms with Gasteiger partial charge in [-0.25, -0.2) is 8.42 Å². The van der Waals surface area contributed by atoms with E-state index in [4.69, 9.17) is 0 Å². The minimum absolute atomic E-state index is 0.0103. The lowest BCUT2D eigenvalue weighted by Gasteiger charge is -2.18. The summed E-state index contributed by atoms with van der Waals surface area (Å²) in [6.07, 6.45) is 1.30. The highest BCUT2D eigenvalue weighted by Crippen LogP contribution is 2.29. The fourth-order valence-electron chi connectivity index (χ4n) is 2.43. The minimum atomic E-state index is -3.82. The Labute approximate surface area is 171 Å². The number of benzene rings is 2. The number of nitrogens with one attached hydrogen (secondary N) is 1. The molecule has 0 fully saturated rings. The van der Waals surface area contributed by atoms with Crippen molar-refractivity contribution >= 4 is 43.5 Å². The molecular formula is C17H19BrN4O5S. The van der Waals surface area contributed by atoms with Crippen LogP contribution < -0.4 is 5.43 Å². The van der Waals surface area contributed by atoms with Crippen LogP contribution in [0.15, 0.2) is 50.9 Å². The molecule has 0 bridgehead atoms. The molecule has 28 heavy (non-hydrogen) atoms. The smallest absolute Gasteiger partial charge is 0.295 e. The van der Waals surface area contributed by atoms with Crippen LogP contribution >= 0.6 is 15.9 Å². The van der Waals surface area contributed by atoms with E-state index in [1.807, 2.05) is 0 Å². The van der Waals surface area contributed by atoms with Crippen LogP contribution in [-0.4, -0.2) is 42.1 Å². The number of aromatic hydroxyl groups is 1. The molecule has 9 nitrogen and oxygen atoms in total. The molecule has 0 atom stereocenters. The van der Waals surface area contributed by atoms with Crippen molar-refractivity contribution in [2.24, 2.45) is 5.10 Å². The third kappa shape index (κ3) is 4.86. The van der Waals surface area contributed by atoms with Gasteiger partial charge in [-0.3, -0.25) is 15.5 Å². The summed E-state index contributed by atoms with van der Waals surface area (Å²) in [5.41, 5.74) is 2.51. The summed E-state index contributed by atoms with van der Waals surface area (Å²) in [6.45, 7) is 3.90. The number of sulfonamides is 1. The number of phenols is 1. The number of halogens is 1. The second kappa shape index (κ2) is 9.13. The monoisotopic (exact) mass is 470 g/mol. The van der Waals surface area contributed by atoms with Gasteiger partial charge in [-0.1, -0.05) is 29.8 Å². The largest absolute Gasteiger partial charge is 0.507 e. The molecule has 0 saturated carbocycles. The molecule has 0 unspecified atom stereocenters. The van der Waals surface area contributed by atoms with Crippen LogP contribution in [0.1, 0.15) is 19.4 Å². The van der Waals surface area contributed by atoms with Crippen molar-refractivity contribution in [3.8, 4) is 5.75 Å². The van der Waals surface area contributed by atoms with E-state index < -0.39 is 20.6 Å². The maximum Gasteiger partial charge on any atom is 0.295 e. The van der Waals surface area contributed by atoms with Gasteiger partial charge >= 0.3 is 0 Å². The standard InChI is InChI=1S/C17H19BrN4O5S/c1-3-21(4-2)28(26,27)14-6-7-15(16(10-14)22(24)25)20-19-11-12-9-13(18)5-8-17(12)23/h5-11,20,23H,3-4H2,1-2H3/b19-11-. The molecule has 150 valence electrons. The molecule has 2 N–H and O–H groups in total. The summed E-state index contributed by atoms with van der Waals surface area (Å²) in [7, 11) is -3.82. The second-order valence-electron chi connectivity index (χ2n) is 5.60. The van der Waals surface area contributed by atoms with E-state index in [0.29, 0.717) is 5.56 Å². The minimum Gasteiger partial charge on any atom is -0.507 e. The molecule has 2 aromatic rings. The molecule has 0 amide bonds. The van der Waals surface area contributed by atoms with Crippen molar-refractivity contribution in [1.82, 2.24) is 4.31 Å². The zero-order chi connectivity index (χ0) is 20.9. The lowest BCUT2D eigenvalue weighted by Crippen LogP contribution is -2.30. The lowest BCUT2D eigenvalue weighted by molar-refractivity contribution is -0.384. The first-order chi connectivity index (χ1) is 13.2. The van der Waals surface area contributed by atoms with Crippen molar-refractivity contribution in [2.45, 2.75) is 18.7 Å². The number of hydrogen-bond donors (Lipinski definition) is 2. The van der Waals surface area contributed by atoms with Gasteiger partial charge in [0.2, 0.25) is 10.0 Å². The normalized spacial score (nSPS) is 11.9. The SMILES string of the molecule is CCN(CC)S(=O)(=O)c1ccc(N/N=C\c2cc(Br)ccc2O)c([N+](=O)[O-])c1. The van der Waals surface area contributed by atoms with Crippen molar-refractivity contribution in [3.05, 3.63) is 56.5 Å². The van der Waals surface area contributed by atoms with Crippen LogP contribution in [-0.2, 0) is 10.0 Å². The Morgan fingerprint density at radius 1 is 1.25 bits per heavy atom. The van der Waals surface area contributed by atoms with E-state index in [-0.39, 0.29) is 29.4 Å². The van der Waals surface area contributed by atoms with Crippen LogP contribution in [0.5, 0.6) is 5.75 Å². The predicted octanol–water partition coefficient (Wildman–Crippen LogP) is 3.54. The van der Waals surface area contributed by atoms with Crippen molar-refractivity contribution in [3.63, 3.8) is 0 Å². The third-order valence-electron chi connectivity index (χ3n) is 3.89. The van der Waals surface area contributed by atoms with Gasteiger partial charge in [0, 0.05) is 29.2 Å². The average Bonchev–Trinajstić information content (AvgIpc) is 2.65. The fourth-order valence-corrected chi connectivity index (χ4v) is 4.29. The number of nitro benzene ring substituents is 1. The first kappa shape index (κ1) is 21.8. The van der Waals surface area contributed by atoms with Crippen LogP contribution in [0.2, 0.25) is 0 Å². The van der Waals surface area contributed by atoms with Gasteiger partial charge in [-0.15, -0.1) is 0 Å². The van der Waals surface area contributed by atoms with E-state index in [1.165, 1.54) is 28.7 Å². The molecule has 0 aliphatic rings. The Bertz CT molecular complexity index is 1010. The zero-order valence-corrected chi connectivity index (χ0v) is 17.6. The van der Waals surface area contributed by atoms with Crippen LogP contribution in [0.25, 0.3) is 0 Å². The Kier molecular flexibility index (Phi) is 7.11. The number of anilines is 1. The second-order valence-corrected chi connectivity index (χ2v) is 8.45. The van der Waals surface area contributed by atoms with Crippen molar-refractivity contribution < 1.29 is 18.4 Å². The molecule has 11 heteroatoms. The Morgan fingerprint density at radius 3 is 2.54 bits per heavy atom. The Hall–Kier alpha value is -2.50. The third-order valence-corrected chi connectivity index (χ3v) is 6.43. The van der Waals surface area contributed by atoms with Gasteiger partial charge < -0.3 is 5.11 Å². The maximum atomic E-state index is 12.6. The number of nitro groups is 1. The van der Waals surface area contributed by atoms with Crippen LogP contribution in [0, 0.1) is 10.1 Å². The summed E-state index contributed by atoms with van der Waals surface area (Å²) in [6, 6.07) is 8.32. The highest BCUT2D eigenvalue weighted by atomic mass is 79.9. The van der Waals surface area contributed by atoms with Crippen LogP contribution in [0.4, 0.5) is 11.4 Å². The van der Waals surface area contributed by atoms with E-state index in [0.717, 1.165) is 10.5 Å². The first-order valence-electron chi connectivity index (χ1n) is 8.26. The maximum absolute atomic E-state index is 12.6. The van der Waals surface area contributed by atoms with Gasteiger partial charge in [0.25, 0.3) is 5.69 Å². The van der Waals surface area contributed by atoms with E-state index >= 15 is 0 Å². The van der Waals surface area contributed by atoms with Gasteiger partial charge in [-0.2, -0.15) is 9.41 Å². The highest BCUT2D eigenvalue weighted by Gasteiger charge is 2.25. The van der Waals surface area contributed by atoms with Gasteiger partial charge in [-0.05, 0) is 30.3 Å². The lowest BCUT2D eigenvalue weighted by atomic mass is 10.2. The van der Waals surface area contributed by atoms with Gasteiger partial charge in [0.1, 0.15) is 11.4 Å².